The maximum Gasteiger partial charge on any atom is 0.250 e. The van der Waals surface area contributed by atoms with Crippen LogP contribution < -0.4 is 16.4 Å². The summed E-state index contributed by atoms with van der Waals surface area (Å²) in [4.78, 5) is 26.0. The highest BCUT2D eigenvalue weighted by Gasteiger charge is 2.02. The van der Waals surface area contributed by atoms with E-state index in [2.05, 4.69) is 15.6 Å². The molecular formula is C11H16N4O2. The average molecular weight is 236 g/mol. The molecule has 1 heterocycles. The van der Waals surface area contributed by atoms with Crippen molar-refractivity contribution >= 4 is 17.6 Å². The number of rotatable bonds is 6. The van der Waals surface area contributed by atoms with Crippen LogP contribution in [0.3, 0.4) is 0 Å². The summed E-state index contributed by atoms with van der Waals surface area (Å²) in [6.45, 7) is 2.80. The lowest BCUT2D eigenvalue weighted by atomic mass is 10.3. The van der Waals surface area contributed by atoms with Gasteiger partial charge < -0.3 is 16.4 Å². The van der Waals surface area contributed by atoms with Gasteiger partial charge in [0.25, 0.3) is 0 Å². The van der Waals surface area contributed by atoms with Crippen LogP contribution >= 0.6 is 0 Å². The highest BCUT2D eigenvalue weighted by atomic mass is 16.2. The Hall–Kier alpha value is -2.11. The molecule has 92 valence electrons. The van der Waals surface area contributed by atoms with Crippen molar-refractivity contribution in [2.24, 2.45) is 5.73 Å². The van der Waals surface area contributed by atoms with Crippen molar-refractivity contribution in [3.63, 3.8) is 0 Å². The molecule has 0 aliphatic heterocycles. The van der Waals surface area contributed by atoms with Crippen LogP contribution in [0.25, 0.3) is 0 Å². The molecule has 0 aliphatic rings. The van der Waals surface area contributed by atoms with Crippen LogP contribution in [0, 0.1) is 0 Å². The second-order valence-electron chi connectivity index (χ2n) is 3.50. The van der Waals surface area contributed by atoms with E-state index >= 15 is 0 Å². The fourth-order valence-corrected chi connectivity index (χ4v) is 1.14. The molecule has 1 aromatic rings. The number of amides is 2. The molecular weight excluding hydrogens is 220 g/mol. The highest BCUT2D eigenvalue weighted by molar-refractivity contribution is 5.92. The number of anilines is 1. The van der Waals surface area contributed by atoms with Crippen molar-refractivity contribution < 1.29 is 9.59 Å². The first-order valence-corrected chi connectivity index (χ1v) is 5.40. The normalized spacial score (nSPS) is 9.71. The van der Waals surface area contributed by atoms with E-state index in [0.29, 0.717) is 17.9 Å². The number of hydrogen-bond donors (Lipinski definition) is 3. The van der Waals surface area contributed by atoms with Gasteiger partial charge in [0.15, 0.2) is 0 Å². The summed E-state index contributed by atoms with van der Waals surface area (Å²) >= 11 is 0. The molecule has 2 amide bonds. The molecule has 0 spiro atoms. The quantitative estimate of drug-likeness (QED) is 0.653. The average Bonchev–Trinajstić information content (AvgIpc) is 2.34. The molecule has 0 unspecified atom stereocenters. The van der Waals surface area contributed by atoms with Crippen molar-refractivity contribution in [3.05, 3.63) is 23.9 Å². The number of carbonyl (C=O) groups excluding carboxylic acids is 2. The molecule has 0 saturated heterocycles. The number of hydrogen-bond acceptors (Lipinski definition) is 4. The van der Waals surface area contributed by atoms with Gasteiger partial charge >= 0.3 is 0 Å². The van der Waals surface area contributed by atoms with E-state index in [1.807, 2.05) is 6.92 Å². The Balaban J connectivity index is 2.42. The van der Waals surface area contributed by atoms with Gasteiger partial charge in [-0.15, -0.1) is 0 Å². The summed E-state index contributed by atoms with van der Waals surface area (Å²) in [7, 11) is 0. The van der Waals surface area contributed by atoms with Gasteiger partial charge in [-0.05, 0) is 18.6 Å². The van der Waals surface area contributed by atoms with E-state index < -0.39 is 5.91 Å². The predicted molar refractivity (Wildman–Crippen MR) is 64.5 cm³/mol. The minimum absolute atomic E-state index is 0.0902. The van der Waals surface area contributed by atoms with Crippen LogP contribution in [-0.4, -0.2) is 29.9 Å². The number of nitrogens with zero attached hydrogens (tertiary/aromatic N) is 1. The second kappa shape index (κ2) is 6.47. The lowest BCUT2D eigenvalue weighted by Crippen LogP contribution is -2.30. The predicted octanol–water partition coefficient (Wildman–Crippen LogP) is 0.119. The van der Waals surface area contributed by atoms with Crippen LogP contribution in [-0.2, 0) is 4.79 Å². The Morgan fingerprint density at radius 1 is 1.41 bits per heavy atom. The SMILES string of the molecule is CCCNC(=O)CNc1ccc(C(N)=O)cn1. The summed E-state index contributed by atoms with van der Waals surface area (Å²) in [5.41, 5.74) is 5.42. The zero-order valence-corrected chi connectivity index (χ0v) is 9.69. The first-order valence-electron chi connectivity index (χ1n) is 5.40. The third-order valence-electron chi connectivity index (χ3n) is 2.05. The highest BCUT2D eigenvalue weighted by Crippen LogP contribution is 2.03. The van der Waals surface area contributed by atoms with E-state index in [-0.39, 0.29) is 12.5 Å². The summed E-state index contributed by atoms with van der Waals surface area (Å²) in [5, 5.41) is 5.57. The van der Waals surface area contributed by atoms with E-state index in [0.717, 1.165) is 6.42 Å². The Morgan fingerprint density at radius 2 is 2.18 bits per heavy atom. The first kappa shape index (κ1) is 13.0. The van der Waals surface area contributed by atoms with Crippen molar-refractivity contribution in [3.8, 4) is 0 Å². The van der Waals surface area contributed by atoms with E-state index in [9.17, 15) is 9.59 Å². The molecule has 0 fully saturated rings. The third kappa shape index (κ3) is 4.50. The number of nitrogens with one attached hydrogen (secondary N) is 2. The van der Waals surface area contributed by atoms with Gasteiger partial charge in [-0.25, -0.2) is 4.98 Å². The largest absolute Gasteiger partial charge is 0.366 e. The monoisotopic (exact) mass is 236 g/mol. The molecule has 0 radical (unpaired) electrons. The van der Waals surface area contributed by atoms with E-state index in [1.165, 1.54) is 6.20 Å². The molecule has 0 aromatic carbocycles. The minimum Gasteiger partial charge on any atom is -0.366 e. The number of nitrogens with two attached hydrogens (primary N) is 1. The summed E-state index contributed by atoms with van der Waals surface area (Å²) in [6, 6.07) is 3.16. The first-order chi connectivity index (χ1) is 8.13. The molecule has 0 bridgehead atoms. The Labute approximate surface area is 99.6 Å². The smallest absolute Gasteiger partial charge is 0.250 e. The van der Waals surface area contributed by atoms with Gasteiger partial charge in [-0.1, -0.05) is 6.92 Å². The summed E-state index contributed by atoms with van der Waals surface area (Å²) < 4.78 is 0. The van der Waals surface area contributed by atoms with Gasteiger partial charge in [0, 0.05) is 12.7 Å². The zero-order chi connectivity index (χ0) is 12.7. The lowest BCUT2D eigenvalue weighted by molar-refractivity contribution is -0.119. The molecule has 17 heavy (non-hydrogen) atoms. The maximum atomic E-state index is 11.3. The van der Waals surface area contributed by atoms with E-state index in [4.69, 9.17) is 5.73 Å². The van der Waals surface area contributed by atoms with Gasteiger partial charge in [-0.3, -0.25) is 9.59 Å². The Bertz CT molecular complexity index is 389. The van der Waals surface area contributed by atoms with Crippen molar-refractivity contribution in [1.82, 2.24) is 10.3 Å². The number of aromatic nitrogens is 1. The van der Waals surface area contributed by atoms with Crippen LogP contribution in [0.5, 0.6) is 0 Å². The van der Waals surface area contributed by atoms with Gasteiger partial charge in [-0.2, -0.15) is 0 Å². The minimum atomic E-state index is -0.523. The van der Waals surface area contributed by atoms with Crippen molar-refractivity contribution in [2.75, 3.05) is 18.4 Å². The Kier molecular flexibility index (Phi) is 4.93. The molecule has 4 N–H and O–H groups in total. The van der Waals surface area contributed by atoms with Crippen LogP contribution in [0.2, 0.25) is 0 Å². The van der Waals surface area contributed by atoms with Gasteiger partial charge in [0.1, 0.15) is 5.82 Å². The number of pyridine rings is 1. The zero-order valence-electron chi connectivity index (χ0n) is 9.69. The topological polar surface area (TPSA) is 97.1 Å². The number of carbonyl (C=O) groups is 2. The molecule has 1 aromatic heterocycles. The maximum absolute atomic E-state index is 11.3. The van der Waals surface area contributed by atoms with Crippen LogP contribution in [0.4, 0.5) is 5.82 Å². The van der Waals surface area contributed by atoms with Gasteiger partial charge in [0.05, 0.1) is 12.1 Å². The third-order valence-corrected chi connectivity index (χ3v) is 2.05. The van der Waals surface area contributed by atoms with Crippen LogP contribution in [0.1, 0.15) is 23.7 Å². The molecule has 0 aliphatic carbocycles. The fourth-order valence-electron chi connectivity index (χ4n) is 1.14. The Morgan fingerprint density at radius 3 is 2.71 bits per heavy atom. The van der Waals surface area contributed by atoms with Crippen molar-refractivity contribution in [1.29, 1.82) is 0 Å². The molecule has 1 rings (SSSR count). The molecule has 0 saturated carbocycles. The summed E-state index contributed by atoms with van der Waals surface area (Å²) in [5.74, 6) is -0.0842. The fraction of sp³-hybridized carbons (Fsp3) is 0.364. The summed E-state index contributed by atoms with van der Waals surface area (Å²) in [6.07, 6.45) is 2.27. The standard InChI is InChI=1S/C11H16N4O2/c1-2-5-13-10(16)7-15-9-4-3-8(6-14-9)11(12)17/h3-4,6H,2,5,7H2,1H3,(H2,12,17)(H,13,16)(H,14,15). The van der Waals surface area contributed by atoms with E-state index in [1.54, 1.807) is 12.1 Å². The lowest BCUT2D eigenvalue weighted by Gasteiger charge is -2.06. The van der Waals surface area contributed by atoms with Crippen molar-refractivity contribution in [2.45, 2.75) is 13.3 Å². The second-order valence-corrected chi connectivity index (χ2v) is 3.50. The molecule has 6 heteroatoms. The molecule has 0 atom stereocenters. The van der Waals surface area contributed by atoms with Gasteiger partial charge in [0.2, 0.25) is 11.8 Å². The number of primary amides is 1. The molecule has 6 nitrogen and oxygen atoms in total. The van der Waals surface area contributed by atoms with Crippen LogP contribution in [0.15, 0.2) is 18.3 Å².